The number of nitrogen functional groups attached to an aromatic ring is 1. The Morgan fingerprint density at radius 1 is 1.38 bits per heavy atom. The molecular formula is C11H16IN3O. The zero-order valence-electron chi connectivity index (χ0n) is 9.59. The van der Waals surface area contributed by atoms with Crippen LogP contribution in [0.5, 0.6) is 0 Å². The fraction of sp³-hybridized carbons (Fsp3) is 0.636. The lowest BCUT2D eigenvalue weighted by Crippen LogP contribution is -2.33. The molecule has 0 amide bonds. The Labute approximate surface area is 109 Å². The number of aryl methyl sites for hydroxylation is 1. The SMILES string of the molecule is Cc1nc(C2(C)CCCCO2)nc(N)c1I. The molecule has 1 unspecified atom stereocenters. The molecule has 0 saturated carbocycles. The molecule has 2 heterocycles. The fourth-order valence-electron chi connectivity index (χ4n) is 1.93. The van der Waals surface area contributed by atoms with Crippen LogP contribution in [0.25, 0.3) is 0 Å². The van der Waals surface area contributed by atoms with Crippen LogP contribution in [-0.4, -0.2) is 16.6 Å². The fourth-order valence-corrected chi connectivity index (χ4v) is 2.17. The predicted molar refractivity (Wildman–Crippen MR) is 71.1 cm³/mol. The molecule has 1 aliphatic rings. The van der Waals surface area contributed by atoms with Gasteiger partial charge in [-0.25, -0.2) is 9.97 Å². The van der Waals surface area contributed by atoms with Crippen molar-refractivity contribution in [3.8, 4) is 0 Å². The number of anilines is 1. The third-order valence-corrected chi connectivity index (χ3v) is 4.32. The summed E-state index contributed by atoms with van der Waals surface area (Å²) >= 11 is 2.17. The summed E-state index contributed by atoms with van der Waals surface area (Å²) in [6.45, 7) is 4.79. The molecule has 4 nitrogen and oxygen atoms in total. The van der Waals surface area contributed by atoms with Crippen LogP contribution in [0.3, 0.4) is 0 Å². The average Bonchev–Trinajstić information content (AvgIpc) is 2.26. The van der Waals surface area contributed by atoms with Crippen molar-refractivity contribution < 1.29 is 4.74 Å². The zero-order chi connectivity index (χ0) is 11.8. The molecule has 1 aliphatic heterocycles. The van der Waals surface area contributed by atoms with Crippen molar-refractivity contribution in [1.29, 1.82) is 0 Å². The van der Waals surface area contributed by atoms with Gasteiger partial charge < -0.3 is 10.5 Å². The Morgan fingerprint density at radius 2 is 2.12 bits per heavy atom. The van der Waals surface area contributed by atoms with Crippen LogP contribution in [0.15, 0.2) is 0 Å². The molecule has 1 atom stereocenters. The van der Waals surface area contributed by atoms with E-state index in [0.717, 1.165) is 41.0 Å². The zero-order valence-corrected chi connectivity index (χ0v) is 11.7. The van der Waals surface area contributed by atoms with Crippen molar-refractivity contribution >= 4 is 28.4 Å². The highest BCUT2D eigenvalue weighted by Gasteiger charge is 2.33. The van der Waals surface area contributed by atoms with E-state index in [-0.39, 0.29) is 5.60 Å². The first-order valence-electron chi connectivity index (χ1n) is 5.47. The van der Waals surface area contributed by atoms with Crippen LogP contribution < -0.4 is 5.73 Å². The lowest BCUT2D eigenvalue weighted by molar-refractivity contribution is -0.0760. The van der Waals surface area contributed by atoms with Gasteiger partial charge in [-0.3, -0.25) is 0 Å². The van der Waals surface area contributed by atoms with Crippen molar-refractivity contribution in [3.05, 3.63) is 15.1 Å². The Bertz CT molecular complexity index is 379. The molecule has 2 N–H and O–H groups in total. The van der Waals surface area contributed by atoms with E-state index in [4.69, 9.17) is 10.5 Å². The second-order valence-corrected chi connectivity index (χ2v) is 5.45. The van der Waals surface area contributed by atoms with E-state index >= 15 is 0 Å². The summed E-state index contributed by atoms with van der Waals surface area (Å²) < 4.78 is 6.75. The molecule has 88 valence electrons. The number of rotatable bonds is 1. The minimum absolute atomic E-state index is 0.360. The maximum absolute atomic E-state index is 5.87. The van der Waals surface area contributed by atoms with Crippen LogP contribution in [0.2, 0.25) is 0 Å². The van der Waals surface area contributed by atoms with Crippen LogP contribution >= 0.6 is 22.6 Å². The highest BCUT2D eigenvalue weighted by atomic mass is 127. The maximum atomic E-state index is 5.87. The van der Waals surface area contributed by atoms with Crippen molar-refractivity contribution in [1.82, 2.24) is 9.97 Å². The number of nitrogens with two attached hydrogens (primary N) is 1. The highest BCUT2D eigenvalue weighted by molar-refractivity contribution is 14.1. The van der Waals surface area contributed by atoms with E-state index in [0.29, 0.717) is 5.82 Å². The number of hydrogen-bond donors (Lipinski definition) is 1. The van der Waals surface area contributed by atoms with Gasteiger partial charge in [0, 0.05) is 6.61 Å². The highest BCUT2D eigenvalue weighted by Crippen LogP contribution is 2.33. The molecule has 1 aromatic heterocycles. The third kappa shape index (κ3) is 2.15. The largest absolute Gasteiger partial charge is 0.383 e. The molecule has 1 fully saturated rings. The molecule has 0 spiro atoms. The standard InChI is InChI=1S/C11H16IN3O/c1-7-8(12)9(13)15-10(14-7)11(2)5-3-4-6-16-11/h3-6H2,1-2H3,(H2,13,14,15). The van der Waals surface area contributed by atoms with E-state index in [9.17, 15) is 0 Å². The topological polar surface area (TPSA) is 61.0 Å². The Balaban J connectivity index is 2.39. The minimum atomic E-state index is -0.360. The van der Waals surface area contributed by atoms with Gasteiger partial charge in [0.2, 0.25) is 0 Å². The van der Waals surface area contributed by atoms with Gasteiger partial charge in [-0.05, 0) is 55.7 Å². The molecule has 0 aromatic carbocycles. The van der Waals surface area contributed by atoms with Crippen LogP contribution in [0, 0.1) is 10.5 Å². The summed E-state index contributed by atoms with van der Waals surface area (Å²) in [5.74, 6) is 1.28. The molecule has 5 heteroatoms. The predicted octanol–water partition coefficient (Wildman–Crippen LogP) is 2.39. The minimum Gasteiger partial charge on any atom is -0.383 e. The third-order valence-electron chi connectivity index (χ3n) is 2.98. The van der Waals surface area contributed by atoms with Gasteiger partial charge in [-0.1, -0.05) is 0 Å². The Kier molecular flexibility index (Phi) is 3.34. The normalized spacial score (nSPS) is 25.7. The van der Waals surface area contributed by atoms with E-state index in [1.807, 2.05) is 13.8 Å². The van der Waals surface area contributed by atoms with Crippen LogP contribution in [0.1, 0.15) is 37.7 Å². The first-order valence-corrected chi connectivity index (χ1v) is 6.55. The number of hydrogen-bond acceptors (Lipinski definition) is 4. The van der Waals surface area contributed by atoms with Gasteiger partial charge in [-0.2, -0.15) is 0 Å². The first-order chi connectivity index (χ1) is 7.53. The number of nitrogens with zero attached hydrogens (tertiary/aromatic N) is 2. The van der Waals surface area contributed by atoms with Gasteiger partial charge in [0.05, 0.1) is 9.26 Å². The second kappa shape index (κ2) is 4.44. The first kappa shape index (κ1) is 12.0. The van der Waals surface area contributed by atoms with Gasteiger partial charge in [0.25, 0.3) is 0 Å². The van der Waals surface area contributed by atoms with Gasteiger partial charge in [0.15, 0.2) is 5.82 Å². The molecule has 0 aliphatic carbocycles. The van der Waals surface area contributed by atoms with Crippen LogP contribution in [0.4, 0.5) is 5.82 Å². The molecule has 2 rings (SSSR count). The van der Waals surface area contributed by atoms with E-state index in [1.165, 1.54) is 0 Å². The number of halogens is 1. The smallest absolute Gasteiger partial charge is 0.162 e. The molecule has 1 aromatic rings. The van der Waals surface area contributed by atoms with E-state index < -0.39 is 0 Å². The molecule has 0 radical (unpaired) electrons. The van der Waals surface area contributed by atoms with Gasteiger partial charge >= 0.3 is 0 Å². The van der Waals surface area contributed by atoms with E-state index in [1.54, 1.807) is 0 Å². The summed E-state index contributed by atoms with van der Waals surface area (Å²) in [4.78, 5) is 8.87. The molecule has 0 bridgehead atoms. The molecule has 1 saturated heterocycles. The molecule has 16 heavy (non-hydrogen) atoms. The summed E-state index contributed by atoms with van der Waals surface area (Å²) in [6, 6.07) is 0. The number of ether oxygens (including phenoxy) is 1. The monoisotopic (exact) mass is 333 g/mol. The molecular weight excluding hydrogens is 317 g/mol. The summed E-state index contributed by atoms with van der Waals surface area (Å²) in [7, 11) is 0. The maximum Gasteiger partial charge on any atom is 0.162 e. The van der Waals surface area contributed by atoms with Crippen molar-refractivity contribution in [2.24, 2.45) is 0 Å². The lowest BCUT2D eigenvalue weighted by Gasteiger charge is -2.32. The van der Waals surface area contributed by atoms with Crippen LogP contribution in [-0.2, 0) is 10.3 Å². The van der Waals surface area contributed by atoms with E-state index in [2.05, 4.69) is 32.6 Å². The van der Waals surface area contributed by atoms with Crippen molar-refractivity contribution in [2.75, 3.05) is 12.3 Å². The quantitative estimate of drug-likeness (QED) is 0.802. The summed E-state index contributed by atoms with van der Waals surface area (Å²) in [5.41, 5.74) is 6.44. The van der Waals surface area contributed by atoms with Gasteiger partial charge in [0.1, 0.15) is 11.4 Å². The lowest BCUT2D eigenvalue weighted by atomic mass is 9.95. The Hall–Kier alpha value is -0.430. The average molecular weight is 333 g/mol. The van der Waals surface area contributed by atoms with Crippen molar-refractivity contribution in [3.63, 3.8) is 0 Å². The second-order valence-electron chi connectivity index (χ2n) is 4.37. The van der Waals surface area contributed by atoms with Crippen molar-refractivity contribution in [2.45, 2.75) is 38.7 Å². The number of aromatic nitrogens is 2. The summed E-state index contributed by atoms with van der Waals surface area (Å²) in [6.07, 6.45) is 3.24. The summed E-state index contributed by atoms with van der Waals surface area (Å²) in [5, 5.41) is 0. The Morgan fingerprint density at radius 3 is 2.69 bits per heavy atom. The van der Waals surface area contributed by atoms with Gasteiger partial charge in [-0.15, -0.1) is 0 Å².